The fourth-order valence-electron chi connectivity index (χ4n) is 2.46. The van der Waals surface area contributed by atoms with E-state index in [-0.39, 0.29) is 29.1 Å². The van der Waals surface area contributed by atoms with Gasteiger partial charge in [0.25, 0.3) is 0 Å². The fourth-order valence-corrected chi connectivity index (χ4v) is 2.46. The van der Waals surface area contributed by atoms with Crippen molar-refractivity contribution in [2.75, 3.05) is 5.32 Å². The molecule has 2 unspecified atom stereocenters. The van der Waals surface area contributed by atoms with Crippen molar-refractivity contribution in [2.45, 2.75) is 31.5 Å². The summed E-state index contributed by atoms with van der Waals surface area (Å²) in [6.07, 6.45) is -2.29. The second-order valence-electron chi connectivity index (χ2n) is 5.06. The molecule has 0 radical (unpaired) electrons. The molecular weight excluding hydrogens is 283 g/mol. The van der Waals surface area contributed by atoms with Crippen LogP contribution in [0, 0.1) is 17.2 Å². The first-order chi connectivity index (χ1) is 9.82. The topological polar surface area (TPSA) is 78.9 Å². The summed E-state index contributed by atoms with van der Waals surface area (Å²) in [5.74, 6) is -0.713. The Labute approximate surface area is 119 Å². The molecule has 2 atom stereocenters. The van der Waals surface area contributed by atoms with E-state index in [4.69, 9.17) is 11.0 Å². The molecule has 7 heteroatoms. The van der Waals surface area contributed by atoms with Crippen LogP contribution in [0.3, 0.4) is 0 Å². The molecule has 0 bridgehead atoms. The standard InChI is InChI=1S/C14H14F3N3O/c15-14(16,17)9-4-5-12(8(6-9)7-18)20-13(21)10-2-1-3-11(10)19/h4-6,10-11H,1-3,19H2,(H,20,21). The van der Waals surface area contributed by atoms with Crippen molar-refractivity contribution < 1.29 is 18.0 Å². The molecule has 112 valence electrons. The predicted molar refractivity (Wildman–Crippen MR) is 70.1 cm³/mol. The van der Waals surface area contributed by atoms with E-state index >= 15 is 0 Å². The number of hydrogen-bond acceptors (Lipinski definition) is 3. The predicted octanol–water partition coefficient (Wildman–Crippen LogP) is 2.64. The minimum atomic E-state index is -4.53. The molecule has 1 aliphatic rings. The van der Waals surface area contributed by atoms with Crippen LogP contribution in [0.5, 0.6) is 0 Å². The molecule has 1 aromatic carbocycles. The lowest BCUT2D eigenvalue weighted by atomic mass is 10.0. The van der Waals surface area contributed by atoms with E-state index in [0.29, 0.717) is 6.42 Å². The summed E-state index contributed by atoms with van der Waals surface area (Å²) >= 11 is 0. The van der Waals surface area contributed by atoms with E-state index in [9.17, 15) is 18.0 Å². The smallest absolute Gasteiger partial charge is 0.327 e. The Morgan fingerprint density at radius 3 is 2.62 bits per heavy atom. The van der Waals surface area contributed by atoms with Gasteiger partial charge in [-0.25, -0.2) is 0 Å². The summed E-state index contributed by atoms with van der Waals surface area (Å²) in [4.78, 5) is 12.1. The number of hydrogen-bond donors (Lipinski definition) is 2. The van der Waals surface area contributed by atoms with Crippen LogP contribution in [-0.2, 0) is 11.0 Å². The van der Waals surface area contributed by atoms with Crippen LogP contribution >= 0.6 is 0 Å². The maximum atomic E-state index is 12.6. The van der Waals surface area contributed by atoms with Crippen molar-refractivity contribution in [1.82, 2.24) is 0 Å². The molecule has 2 rings (SSSR count). The number of rotatable bonds is 2. The van der Waals surface area contributed by atoms with Crippen LogP contribution in [-0.4, -0.2) is 11.9 Å². The van der Waals surface area contributed by atoms with Crippen molar-refractivity contribution in [3.8, 4) is 6.07 Å². The average Bonchev–Trinajstić information content (AvgIpc) is 2.84. The summed E-state index contributed by atoms with van der Waals surface area (Å²) in [6, 6.07) is 4.09. The van der Waals surface area contributed by atoms with Gasteiger partial charge in [0.2, 0.25) is 5.91 Å². The van der Waals surface area contributed by atoms with Crippen LogP contribution < -0.4 is 11.1 Å². The fraction of sp³-hybridized carbons (Fsp3) is 0.429. The average molecular weight is 297 g/mol. The molecule has 1 aromatic rings. The normalized spacial score (nSPS) is 21.9. The maximum Gasteiger partial charge on any atom is 0.416 e. The zero-order chi connectivity index (χ0) is 15.6. The third-order valence-corrected chi connectivity index (χ3v) is 3.63. The Balaban J connectivity index is 2.21. The highest BCUT2D eigenvalue weighted by Gasteiger charge is 2.32. The molecule has 21 heavy (non-hydrogen) atoms. The van der Waals surface area contributed by atoms with E-state index < -0.39 is 11.7 Å². The highest BCUT2D eigenvalue weighted by atomic mass is 19.4. The zero-order valence-corrected chi connectivity index (χ0v) is 11.1. The molecule has 1 amide bonds. The Hall–Kier alpha value is -2.07. The number of benzene rings is 1. The largest absolute Gasteiger partial charge is 0.416 e. The molecule has 0 aliphatic heterocycles. The number of nitrogens with one attached hydrogen (secondary N) is 1. The first-order valence-corrected chi connectivity index (χ1v) is 6.50. The number of anilines is 1. The number of alkyl halides is 3. The highest BCUT2D eigenvalue weighted by Crippen LogP contribution is 2.32. The molecule has 1 saturated carbocycles. The number of carbonyl (C=O) groups excluding carboxylic acids is 1. The first-order valence-electron chi connectivity index (χ1n) is 6.50. The summed E-state index contributed by atoms with van der Waals surface area (Å²) in [6.45, 7) is 0. The maximum absolute atomic E-state index is 12.6. The van der Waals surface area contributed by atoms with Gasteiger partial charge in [0.15, 0.2) is 0 Å². The van der Waals surface area contributed by atoms with Gasteiger partial charge in [-0.05, 0) is 31.0 Å². The van der Waals surface area contributed by atoms with Gasteiger partial charge in [-0.3, -0.25) is 4.79 Å². The Morgan fingerprint density at radius 2 is 2.10 bits per heavy atom. The SMILES string of the molecule is N#Cc1cc(C(F)(F)F)ccc1NC(=O)C1CCCC1N. The number of halogens is 3. The molecule has 0 spiro atoms. The molecule has 3 N–H and O–H groups in total. The van der Waals surface area contributed by atoms with E-state index in [1.165, 1.54) is 0 Å². The van der Waals surface area contributed by atoms with Crippen molar-refractivity contribution >= 4 is 11.6 Å². The quantitative estimate of drug-likeness (QED) is 0.880. The van der Waals surface area contributed by atoms with Gasteiger partial charge in [-0.2, -0.15) is 18.4 Å². The molecule has 0 aromatic heterocycles. The first kappa shape index (κ1) is 15.3. The second-order valence-corrected chi connectivity index (χ2v) is 5.06. The minimum Gasteiger partial charge on any atom is -0.327 e. The van der Waals surface area contributed by atoms with Gasteiger partial charge in [0, 0.05) is 6.04 Å². The third-order valence-electron chi connectivity index (χ3n) is 3.63. The van der Waals surface area contributed by atoms with Gasteiger partial charge in [-0.1, -0.05) is 6.42 Å². The molecule has 0 heterocycles. The van der Waals surface area contributed by atoms with Crippen molar-refractivity contribution in [1.29, 1.82) is 5.26 Å². The summed E-state index contributed by atoms with van der Waals surface area (Å²) in [5.41, 5.74) is 4.75. The summed E-state index contributed by atoms with van der Waals surface area (Å²) < 4.78 is 37.7. The summed E-state index contributed by atoms with van der Waals surface area (Å²) in [5, 5.41) is 11.4. The lowest BCUT2D eigenvalue weighted by molar-refractivity contribution is -0.137. The van der Waals surface area contributed by atoms with Crippen LogP contribution in [0.2, 0.25) is 0 Å². The molecule has 1 aliphatic carbocycles. The highest BCUT2D eigenvalue weighted by molar-refractivity contribution is 5.94. The van der Waals surface area contributed by atoms with Crippen molar-refractivity contribution in [3.63, 3.8) is 0 Å². The van der Waals surface area contributed by atoms with Gasteiger partial charge >= 0.3 is 6.18 Å². The Morgan fingerprint density at radius 1 is 1.38 bits per heavy atom. The van der Waals surface area contributed by atoms with Gasteiger partial charge in [0.05, 0.1) is 22.7 Å². The van der Waals surface area contributed by atoms with Crippen LogP contribution in [0.25, 0.3) is 0 Å². The molecule has 4 nitrogen and oxygen atoms in total. The Bertz CT molecular complexity index is 592. The zero-order valence-electron chi connectivity index (χ0n) is 11.1. The van der Waals surface area contributed by atoms with E-state index in [0.717, 1.165) is 31.0 Å². The van der Waals surface area contributed by atoms with E-state index in [1.54, 1.807) is 6.07 Å². The number of nitriles is 1. The number of amides is 1. The number of nitrogens with zero attached hydrogens (tertiary/aromatic N) is 1. The lowest BCUT2D eigenvalue weighted by Gasteiger charge is -2.16. The van der Waals surface area contributed by atoms with Crippen LogP contribution in [0.4, 0.5) is 18.9 Å². The second kappa shape index (κ2) is 5.74. The number of carbonyl (C=O) groups is 1. The number of nitrogens with two attached hydrogens (primary N) is 1. The third kappa shape index (κ3) is 3.34. The summed E-state index contributed by atoms with van der Waals surface area (Å²) in [7, 11) is 0. The monoisotopic (exact) mass is 297 g/mol. The van der Waals surface area contributed by atoms with E-state index in [1.807, 2.05) is 0 Å². The van der Waals surface area contributed by atoms with Crippen LogP contribution in [0.15, 0.2) is 18.2 Å². The van der Waals surface area contributed by atoms with Gasteiger partial charge in [-0.15, -0.1) is 0 Å². The Kier molecular flexibility index (Phi) is 4.19. The molecule has 1 fully saturated rings. The van der Waals surface area contributed by atoms with Crippen LogP contribution in [0.1, 0.15) is 30.4 Å². The molecule has 0 saturated heterocycles. The van der Waals surface area contributed by atoms with Crippen molar-refractivity contribution in [2.24, 2.45) is 11.7 Å². The minimum absolute atomic E-state index is 0.0783. The van der Waals surface area contributed by atoms with E-state index in [2.05, 4.69) is 5.32 Å². The molecular formula is C14H14F3N3O. The van der Waals surface area contributed by atoms with Gasteiger partial charge in [0.1, 0.15) is 6.07 Å². The van der Waals surface area contributed by atoms with Crippen molar-refractivity contribution in [3.05, 3.63) is 29.3 Å². The van der Waals surface area contributed by atoms with Gasteiger partial charge < -0.3 is 11.1 Å². The lowest BCUT2D eigenvalue weighted by Crippen LogP contribution is -2.34.